The van der Waals surface area contributed by atoms with Crippen molar-refractivity contribution < 1.29 is 13.9 Å². The number of rotatable bonds is 8. The summed E-state index contributed by atoms with van der Waals surface area (Å²) < 4.78 is 21.0. The van der Waals surface area contributed by atoms with Crippen molar-refractivity contribution in [3.05, 3.63) is 60.2 Å². The summed E-state index contributed by atoms with van der Waals surface area (Å²) in [5.41, 5.74) is 8.94. The second-order valence-electron chi connectivity index (χ2n) is 12.6. The molecular formula is C34H42FN9O2. The maximum Gasteiger partial charge on any atom is 0.271 e. The number of primary amides is 1. The fraction of sp³-hybridized carbons (Fsp3) is 0.441. The van der Waals surface area contributed by atoms with Crippen LogP contribution in [-0.4, -0.2) is 102 Å². The number of benzene rings is 2. The third-order valence-electron chi connectivity index (χ3n) is 9.63. The van der Waals surface area contributed by atoms with Gasteiger partial charge in [0.15, 0.2) is 17.3 Å². The van der Waals surface area contributed by atoms with Crippen LogP contribution in [0.25, 0.3) is 22.2 Å². The lowest BCUT2D eigenvalue weighted by Gasteiger charge is -2.42. The Morgan fingerprint density at radius 3 is 2.39 bits per heavy atom. The van der Waals surface area contributed by atoms with E-state index >= 15 is 4.39 Å². The molecule has 0 atom stereocenters. The van der Waals surface area contributed by atoms with Crippen molar-refractivity contribution in [2.24, 2.45) is 5.73 Å². The third kappa shape index (κ3) is 6.37. The maximum absolute atomic E-state index is 15.5. The molecule has 0 radical (unpaired) electrons. The molecule has 12 heteroatoms. The van der Waals surface area contributed by atoms with E-state index in [1.807, 2.05) is 12.1 Å². The van der Waals surface area contributed by atoms with Gasteiger partial charge in [0.1, 0.15) is 11.5 Å². The van der Waals surface area contributed by atoms with Crippen molar-refractivity contribution in [3.8, 4) is 11.3 Å². The van der Waals surface area contributed by atoms with Crippen LogP contribution in [0.15, 0.2) is 48.7 Å². The van der Waals surface area contributed by atoms with E-state index in [1.165, 1.54) is 6.07 Å². The van der Waals surface area contributed by atoms with Crippen LogP contribution in [0.2, 0.25) is 0 Å². The Bertz CT molecular complexity index is 1670. The van der Waals surface area contributed by atoms with Crippen molar-refractivity contribution >= 4 is 39.8 Å². The van der Waals surface area contributed by atoms with Gasteiger partial charge in [-0.15, -0.1) is 0 Å². The highest BCUT2D eigenvalue weighted by atomic mass is 19.1. The predicted molar refractivity (Wildman–Crippen MR) is 179 cm³/mol. The summed E-state index contributed by atoms with van der Waals surface area (Å²) in [5.74, 6) is -0.619. The van der Waals surface area contributed by atoms with Gasteiger partial charge in [0.05, 0.1) is 0 Å². The Labute approximate surface area is 268 Å². The quantitative estimate of drug-likeness (QED) is 0.225. The van der Waals surface area contributed by atoms with Crippen molar-refractivity contribution in [1.82, 2.24) is 24.8 Å². The van der Waals surface area contributed by atoms with Gasteiger partial charge in [0, 0.05) is 98.6 Å². The molecule has 11 nitrogen and oxygen atoms in total. The fourth-order valence-electron chi connectivity index (χ4n) is 6.92. The van der Waals surface area contributed by atoms with Gasteiger partial charge in [-0.05, 0) is 75.2 Å². The number of hydrogen-bond donors (Lipinski definition) is 4. The van der Waals surface area contributed by atoms with Gasteiger partial charge >= 0.3 is 0 Å². The summed E-state index contributed by atoms with van der Waals surface area (Å²) in [7, 11) is 2.20. The number of fused-ring (bicyclic) bond motifs is 1. The summed E-state index contributed by atoms with van der Waals surface area (Å²) >= 11 is 0. The number of aromatic nitrogens is 3. The van der Waals surface area contributed by atoms with Crippen LogP contribution in [0.3, 0.4) is 0 Å². The summed E-state index contributed by atoms with van der Waals surface area (Å²) in [6.07, 6.45) is 5.61. The average Bonchev–Trinajstić information content (AvgIpc) is 3.55. The number of piperazine rings is 1. The molecule has 4 aromatic rings. The third-order valence-corrected chi connectivity index (χ3v) is 9.63. The molecule has 0 spiro atoms. The summed E-state index contributed by atoms with van der Waals surface area (Å²) in [6, 6.07) is 13.7. The van der Waals surface area contributed by atoms with E-state index in [0.29, 0.717) is 30.5 Å². The molecule has 0 saturated carbocycles. The molecule has 5 heterocycles. The van der Waals surface area contributed by atoms with Crippen molar-refractivity contribution in [2.45, 2.75) is 37.8 Å². The number of aromatic amines is 1. The number of nitrogens with two attached hydrogens (primary N) is 1. The second-order valence-corrected chi connectivity index (χ2v) is 12.6. The monoisotopic (exact) mass is 627 g/mol. The molecule has 3 saturated heterocycles. The van der Waals surface area contributed by atoms with Gasteiger partial charge < -0.3 is 35.9 Å². The van der Waals surface area contributed by atoms with Crippen LogP contribution in [0.5, 0.6) is 0 Å². The maximum atomic E-state index is 15.5. The number of hydrogen-bond acceptors (Lipinski definition) is 9. The number of ether oxygens (including phenoxy) is 1. The highest BCUT2D eigenvalue weighted by molar-refractivity contribution is 6.01. The molecule has 2 aromatic carbocycles. The molecule has 0 bridgehead atoms. The Kier molecular flexibility index (Phi) is 8.74. The molecule has 0 aliphatic carbocycles. The number of carbonyl (C=O) groups is 1. The molecule has 242 valence electrons. The van der Waals surface area contributed by atoms with Gasteiger partial charge in [0.25, 0.3) is 5.91 Å². The van der Waals surface area contributed by atoms with Gasteiger partial charge in [-0.25, -0.2) is 14.4 Å². The van der Waals surface area contributed by atoms with Crippen LogP contribution >= 0.6 is 0 Å². The molecular weight excluding hydrogens is 585 g/mol. The van der Waals surface area contributed by atoms with Gasteiger partial charge in [-0.2, -0.15) is 0 Å². The van der Waals surface area contributed by atoms with Crippen molar-refractivity contribution in [1.29, 1.82) is 0 Å². The molecule has 3 aliphatic rings. The first kappa shape index (κ1) is 30.4. The largest absolute Gasteiger partial charge is 0.381 e. The Morgan fingerprint density at radius 1 is 0.935 bits per heavy atom. The SMILES string of the molecule is CN1CCN(C2CCN(c3ccc(Nc4nc(NC5CCOCC5)c(-c5c(F)ccc6[nH]ccc56)nc4C(N)=O)cc3)CC2)CC1. The van der Waals surface area contributed by atoms with Gasteiger partial charge in [-0.3, -0.25) is 9.69 Å². The lowest BCUT2D eigenvalue weighted by Crippen LogP contribution is -2.52. The van der Waals surface area contributed by atoms with Crippen LogP contribution in [0.1, 0.15) is 36.2 Å². The number of piperidine rings is 1. The van der Waals surface area contributed by atoms with E-state index in [2.05, 4.69) is 54.5 Å². The molecule has 3 fully saturated rings. The minimum absolute atomic E-state index is 0.0576. The predicted octanol–water partition coefficient (Wildman–Crippen LogP) is 4.41. The second kappa shape index (κ2) is 13.2. The fourth-order valence-corrected chi connectivity index (χ4v) is 6.92. The zero-order valence-corrected chi connectivity index (χ0v) is 26.3. The summed E-state index contributed by atoms with van der Waals surface area (Å²) in [6.45, 7) is 7.88. The lowest BCUT2D eigenvalue weighted by atomic mass is 10.0. The minimum atomic E-state index is -0.754. The van der Waals surface area contributed by atoms with E-state index in [0.717, 1.165) is 81.8 Å². The molecule has 46 heavy (non-hydrogen) atoms. The van der Waals surface area contributed by atoms with E-state index < -0.39 is 11.7 Å². The highest BCUT2D eigenvalue weighted by Crippen LogP contribution is 2.36. The smallest absolute Gasteiger partial charge is 0.271 e. The Morgan fingerprint density at radius 2 is 1.67 bits per heavy atom. The van der Waals surface area contributed by atoms with Crippen LogP contribution in [0.4, 0.5) is 27.4 Å². The molecule has 3 aliphatic heterocycles. The highest BCUT2D eigenvalue weighted by Gasteiger charge is 2.28. The van der Waals surface area contributed by atoms with Crippen LogP contribution < -0.4 is 21.3 Å². The van der Waals surface area contributed by atoms with Gasteiger partial charge in [0.2, 0.25) is 0 Å². The average molecular weight is 628 g/mol. The molecule has 2 aromatic heterocycles. The van der Waals surface area contributed by atoms with E-state index in [4.69, 9.17) is 15.5 Å². The molecule has 1 amide bonds. The number of nitrogens with zero attached hydrogens (tertiary/aromatic N) is 5. The molecule has 0 unspecified atom stereocenters. The van der Waals surface area contributed by atoms with Crippen molar-refractivity contribution in [2.75, 3.05) is 75.1 Å². The first-order valence-electron chi connectivity index (χ1n) is 16.3. The number of H-pyrrole nitrogens is 1. The lowest BCUT2D eigenvalue weighted by molar-refractivity contribution is 0.0904. The minimum Gasteiger partial charge on any atom is -0.381 e. The molecule has 5 N–H and O–H groups in total. The number of likely N-dealkylation sites (N-methyl/N-ethyl adjacent to an activating group) is 1. The Balaban J connectivity index is 1.14. The Hall–Kier alpha value is -4.26. The summed E-state index contributed by atoms with van der Waals surface area (Å²) in [4.78, 5) is 32.9. The van der Waals surface area contributed by atoms with E-state index in [9.17, 15) is 4.79 Å². The first-order chi connectivity index (χ1) is 22.4. The summed E-state index contributed by atoms with van der Waals surface area (Å²) in [5, 5.41) is 7.39. The standard InChI is InChI=1S/C34H42FN9O2/c1-42-16-18-44(19-17-42)25-9-14-43(15-10-25)24-4-2-22(3-5-24)38-34-31(32(36)45)40-30(33(41-34)39-23-11-20-46-21-12-23)29-26-8-13-37-28(26)7-6-27(29)35/h2-8,13,23,25,37H,9-12,14-21H2,1H3,(H2,36,45)(H2,38,39,41). The number of nitrogens with one attached hydrogen (secondary N) is 3. The van der Waals surface area contributed by atoms with E-state index in [1.54, 1.807) is 18.3 Å². The number of amides is 1. The zero-order valence-electron chi connectivity index (χ0n) is 26.3. The van der Waals surface area contributed by atoms with Gasteiger partial charge in [-0.1, -0.05) is 0 Å². The zero-order chi connectivity index (χ0) is 31.6. The molecule has 7 rings (SSSR count). The van der Waals surface area contributed by atoms with E-state index in [-0.39, 0.29) is 28.8 Å². The van der Waals surface area contributed by atoms with Crippen LogP contribution in [0, 0.1) is 5.82 Å². The number of carbonyl (C=O) groups excluding carboxylic acids is 1. The van der Waals surface area contributed by atoms with Crippen molar-refractivity contribution in [3.63, 3.8) is 0 Å². The number of anilines is 4. The normalized spacial score (nSPS) is 19.0. The van der Waals surface area contributed by atoms with Crippen LogP contribution in [-0.2, 0) is 4.74 Å². The number of halogens is 1. The topological polar surface area (TPSA) is 128 Å². The first-order valence-corrected chi connectivity index (χ1v) is 16.3.